The Kier molecular flexibility index (Phi) is 4.40. The molecule has 132 valence electrons. The van der Waals surface area contributed by atoms with Gasteiger partial charge in [-0.25, -0.2) is 8.42 Å². The van der Waals surface area contributed by atoms with Crippen LogP contribution in [0.1, 0.15) is 30.0 Å². The molecule has 0 spiro atoms. The lowest BCUT2D eigenvalue weighted by molar-refractivity contribution is 0.0969. The molecule has 2 aromatic rings. The summed E-state index contributed by atoms with van der Waals surface area (Å²) < 4.78 is 27.5. The summed E-state index contributed by atoms with van der Waals surface area (Å²) in [6, 6.07) is 17.7. The second-order valence-electron chi connectivity index (χ2n) is 7.01. The van der Waals surface area contributed by atoms with Crippen LogP contribution in [0.5, 0.6) is 0 Å². The van der Waals surface area contributed by atoms with Gasteiger partial charge in [0.2, 0.25) is 10.0 Å². The van der Waals surface area contributed by atoms with Crippen LogP contribution in [-0.4, -0.2) is 43.8 Å². The van der Waals surface area contributed by atoms with E-state index in [1.54, 1.807) is 35.6 Å². The summed E-state index contributed by atoms with van der Waals surface area (Å²) >= 11 is 0. The van der Waals surface area contributed by atoms with Crippen molar-refractivity contribution in [1.29, 1.82) is 0 Å². The molecule has 0 radical (unpaired) electrons. The van der Waals surface area contributed by atoms with Gasteiger partial charge in [-0.05, 0) is 42.5 Å². The molecule has 0 unspecified atom stereocenters. The maximum absolute atomic E-state index is 12.9. The Hall–Kier alpha value is -1.69. The van der Waals surface area contributed by atoms with Crippen molar-refractivity contribution in [2.24, 2.45) is 0 Å². The molecule has 0 saturated carbocycles. The average molecular weight is 356 g/mol. The smallest absolute Gasteiger partial charge is 0.243 e. The highest BCUT2D eigenvalue weighted by atomic mass is 32.2. The van der Waals surface area contributed by atoms with E-state index in [9.17, 15) is 8.42 Å². The number of rotatable bonds is 3. The molecular formula is C20H24N2O2S. The summed E-state index contributed by atoms with van der Waals surface area (Å²) in [6.07, 6.45) is 2.84. The van der Waals surface area contributed by atoms with E-state index < -0.39 is 10.0 Å². The van der Waals surface area contributed by atoms with Gasteiger partial charge in [0, 0.05) is 32.2 Å². The van der Waals surface area contributed by atoms with Crippen molar-refractivity contribution in [3.8, 4) is 0 Å². The summed E-state index contributed by atoms with van der Waals surface area (Å²) in [6.45, 7) is 2.03. The zero-order valence-electron chi connectivity index (χ0n) is 14.5. The molecule has 25 heavy (non-hydrogen) atoms. The summed E-state index contributed by atoms with van der Waals surface area (Å²) in [4.78, 5) is 2.89. The molecule has 2 aromatic carbocycles. The Labute approximate surface area is 150 Å². The zero-order valence-corrected chi connectivity index (χ0v) is 15.3. The van der Waals surface area contributed by atoms with Crippen LogP contribution in [-0.2, 0) is 16.4 Å². The van der Waals surface area contributed by atoms with E-state index in [2.05, 4.69) is 29.2 Å². The van der Waals surface area contributed by atoms with Crippen LogP contribution in [0.25, 0.3) is 0 Å². The first-order chi connectivity index (χ1) is 12.1. The van der Waals surface area contributed by atoms with Crippen LogP contribution in [0.3, 0.4) is 0 Å². The molecule has 5 heteroatoms. The van der Waals surface area contributed by atoms with E-state index in [4.69, 9.17) is 0 Å². The van der Waals surface area contributed by atoms with Crippen LogP contribution in [0.15, 0.2) is 59.5 Å². The lowest BCUT2D eigenvalue weighted by Crippen LogP contribution is -2.48. The Morgan fingerprint density at radius 3 is 2.52 bits per heavy atom. The third-order valence-corrected chi connectivity index (χ3v) is 7.63. The normalized spacial score (nSPS) is 23.9. The van der Waals surface area contributed by atoms with E-state index >= 15 is 0 Å². The van der Waals surface area contributed by atoms with Crippen molar-refractivity contribution < 1.29 is 8.42 Å². The fourth-order valence-electron chi connectivity index (χ4n) is 4.22. The SMILES string of the molecule is CN([C@@H]1CCN2CCc3ccccc3[C@@H]2C1)S(=O)(=O)c1ccccc1. The Morgan fingerprint density at radius 2 is 1.72 bits per heavy atom. The fraction of sp³-hybridized carbons (Fsp3) is 0.400. The maximum atomic E-state index is 12.9. The molecule has 4 rings (SSSR count). The molecule has 2 aliphatic rings. The molecule has 2 atom stereocenters. The number of fused-ring (bicyclic) bond motifs is 3. The molecule has 0 N–H and O–H groups in total. The Morgan fingerprint density at radius 1 is 1.00 bits per heavy atom. The summed E-state index contributed by atoms with van der Waals surface area (Å²) in [5.41, 5.74) is 2.79. The Balaban J connectivity index is 1.59. The predicted octanol–water partition coefficient (Wildman–Crippen LogP) is 3.07. The number of benzene rings is 2. The molecule has 0 bridgehead atoms. The second-order valence-corrected chi connectivity index (χ2v) is 9.01. The molecule has 1 fully saturated rings. The van der Waals surface area contributed by atoms with Crippen LogP contribution >= 0.6 is 0 Å². The minimum absolute atomic E-state index is 0.0395. The molecule has 4 nitrogen and oxygen atoms in total. The quantitative estimate of drug-likeness (QED) is 0.849. The maximum Gasteiger partial charge on any atom is 0.243 e. The largest absolute Gasteiger partial charge is 0.296 e. The predicted molar refractivity (Wildman–Crippen MR) is 98.9 cm³/mol. The molecular weight excluding hydrogens is 332 g/mol. The van der Waals surface area contributed by atoms with E-state index in [-0.39, 0.29) is 6.04 Å². The van der Waals surface area contributed by atoms with Gasteiger partial charge in [-0.15, -0.1) is 0 Å². The van der Waals surface area contributed by atoms with Crippen molar-refractivity contribution in [2.75, 3.05) is 20.1 Å². The number of piperidine rings is 1. The van der Waals surface area contributed by atoms with E-state index in [0.29, 0.717) is 10.9 Å². The Bertz CT molecular complexity index is 851. The van der Waals surface area contributed by atoms with Gasteiger partial charge in [0.05, 0.1) is 4.90 Å². The summed E-state index contributed by atoms with van der Waals surface area (Å²) in [5, 5.41) is 0. The van der Waals surface area contributed by atoms with Crippen molar-refractivity contribution in [1.82, 2.24) is 9.21 Å². The lowest BCUT2D eigenvalue weighted by Gasteiger charge is -2.45. The number of hydrogen-bond acceptors (Lipinski definition) is 3. The molecule has 0 aliphatic carbocycles. The molecule has 2 heterocycles. The van der Waals surface area contributed by atoms with Gasteiger partial charge in [-0.3, -0.25) is 4.90 Å². The molecule has 1 saturated heterocycles. The van der Waals surface area contributed by atoms with Crippen LogP contribution in [0, 0.1) is 0 Å². The highest BCUT2D eigenvalue weighted by Gasteiger charge is 2.37. The molecule has 0 amide bonds. The number of hydrogen-bond donors (Lipinski definition) is 0. The first kappa shape index (κ1) is 16.8. The second kappa shape index (κ2) is 6.56. The first-order valence-corrected chi connectivity index (χ1v) is 10.4. The van der Waals surface area contributed by atoms with Crippen LogP contribution in [0.2, 0.25) is 0 Å². The minimum atomic E-state index is -3.44. The van der Waals surface area contributed by atoms with Gasteiger partial charge >= 0.3 is 0 Å². The zero-order chi connectivity index (χ0) is 17.4. The average Bonchev–Trinajstić information content (AvgIpc) is 2.67. The van der Waals surface area contributed by atoms with Crippen molar-refractivity contribution in [3.05, 3.63) is 65.7 Å². The van der Waals surface area contributed by atoms with Gasteiger partial charge < -0.3 is 0 Å². The van der Waals surface area contributed by atoms with Crippen LogP contribution < -0.4 is 0 Å². The number of nitrogens with zero attached hydrogens (tertiary/aromatic N) is 2. The van der Waals surface area contributed by atoms with Gasteiger partial charge in [0.1, 0.15) is 0 Å². The third kappa shape index (κ3) is 3.01. The van der Waals surface area contributed by atoms with Gasteiger partial charge in [0.25, 0.3) is 0 Å². The van der Waals surface area contributed by atoms with Crippen molar-refractivity contribution >= 4 is 10.0 Å². The van der Waals surface area contributed by atoms with E-state index in [1.807, 2.05) is 6.07 Å². The van der Waals surface area contributed by atoms with E-state index in [1.165, 1.54) is 11.1 Å². The van der Waals surface area contributed by atoms with E-state index in [0.717, 1.165) is 32.4 Å². The molecule has 0 aromatic heterocycles. The highest BCUT2D eigenvalue weighted by Crippen LogP contribution is 2.38. The fourth-order valence-corrected chi connectivity index (χ4v) is 5.64. The topological polar surface area (TPSA) is 40.6 Å². The first-order valence-electron chi connectivity index (χ1n) is 8.92. The van der Waals surface area contributed by atoms with Crippen molar-refractivity contribution in [2.45, 2.75) is 36.2 Å². The standard InChI is InChI=1S/C20H24N2O2S/c1-21(25(23,24)18-8-3-2-4-9-18)17-12-14-22-13-11-16-7-5-6-10-19(16)20(22)15-17/h2-10,17,20H,11-15H2,1H3/t17-,20+/m1/s1. The van der Waals surface area contributed by atoms with Crippen molar-refractivity contribution in [3.63, 3.8) is 0 Å². The van der Waals surface area contributed by atoms with Crippen LogP contribution in [0.4, 0.5) is 0 Å². The monoisotopic (exact) mass is 356 g/mol. The summed E-state index contributed by atoms with van der Waals surface area (Å²) in [5.74, 6) is 0. The number of sulfonamides is 1. The lowest BCUT2D eigenvalue weighted by atomic mass is 9.85. The van der Waals surface area contributed by atoms with Gasteiger partial charge in [-0.1, -0.05) is 42.5 Å². The third-order valence-electron chi connectivity index (χ3n) is 5.70. The molecule has 2 aliphatic heterocycles. The van der Waals surface area contributed by atoms with Gasteiger partial charge in [-0.2, -0.15) is 4.31 Å². The highest BCUT2D eigenvalue weighted by molar-refractivity contribution is 7.89. The minimum Gasteiger partial charge on any atom is -0.296 e. The van der Waals surface area contributed by atoms with Gasteiger partial charge in [0.15, 0.2) is 0 Å². The summed E-state index contributed by atoms with van der Waals surface area (Å²) in [7, 11) is -1.71.